The van der Waals surface area contributed by atoms with Crippen LogP contribution in [0.25, 0.3) is 0 Å². The lowest BCUT2D eigenvalue weighted by Crippen LogP contribution is -2.35. The molecule has 0 aromatic carbocycles. The predicted molar refractivity (Wildman–Crippen MR) is 91.3 cm³/mol. The number of amides is 1. The second-order valence-corrected chi connectivity index (χ2v) is 6.23. The van der Waals surface area contributed by atoms with Gasteiger partial charge in [-0.1, -0.05) is 6.92 Å². The Bertz CT molecular complexity index is 635. The Kier molecular flexibility index (Phi) is 5.63. The van der Waals surface area contributed by atoms with Crippen molar-refractivity contribution < 1.29 is 4.79 Å². The Morgan fingerprint density at radius 3 is 2.96 bits per heavy atom. The third kappa shape index (κ3) is 4.23. The number of nitrogens with one attached hydrogen (secondary N) is 1. The number of hydrogen-bond donors (Lipinski definition) is 1. The van der Waals surface area contributed by atoms with Crippen molar-refractivity contribution in [1.29, 1.82) is 0 Å². The minimum absolute atomic E-state index is 0.245. The smallest absolute Gasteiger partial charge is 0.224 e. The number of aromatic amines is 1. The van der Waals surface area contributed by atoms with Crippen molar-refractivity contribution in [3.05, 3.63) is 36.2 Å². The summed E-state index contributed by atoms with van der Waals surface area (Å²) in [5.74, 6) is 1.29. The molecule has 0 atom stereocenters. The van der Waals surface area contributed by atoms with E-state index in [9.17, 15) is 4.79 Å². The van der Waals surface area contributed by atoms with Crippen LogP contribution >= 0.6 is 0 Å². The number of rotatable bonds is 6. The number of aryl methyl sites for hydroxylation is 2. The molecule has 1 saturated heterocycles. The average Bonchev–Trinajstić information content (AvgIpc) is 3.21. The number of aromatic nitrogens is 4. The van der Waals surface area contributed by atoms with E-state index in [1.54, 1.807) is 6.20 Å². The molecule has 0 unspecified atom stereocenters. The topological polar surface area (TPSA) is 70.1 Å². The van der Waals surface area contributed by atoms with Gasteiger partial charge in [0, 0.05) is 76.4 Å². The third-order valence-electron chi connectivity index (χ3n) is 4.58. The van der Waals surface area contributed by atoms with Crippen LogP contribution < -0.4 is 0 Å². The highest BCUT2D eigenvalue weighted by Crippen LogP contribution is 2.09. The second-order valence-electron chi connectivity index (χ2n) is 6.23. The van der Waals surface area contributed by atoms with Crippen LogP contribution in [0.15, 0.2) is 24.7 Å². The number of imidazole rings is 1. The molecule has 3 heterocycles. The van der Waals surface area contributed by atoms with E-state index in [2.05, 4.69) is 31.6 Å². The van der Waals surface area contributed by atoms with Gasteiger partial charge in [-0.05, 0) is 12.5 Å². The van der Waals surface area contributed by atoms with Crippen molar-refractivity contribution >= 4 is 5.91 Å². The number of carbonyl (C=O) groups excluding carboxylic acids is 1. The number of hydrogen-bond acceptors (Lipinski definition) is 4. The summed E-state index contributed by atoms with van der Waals surface area (Å²) in [6.45, 7) is 7.26. The number of H-pyrrole nitrogens is 1. The lowest BCUT2D eigenvalue weighted by molar-refractivity contribution is -0.131. The van der Waals surface area contributed by atoms with Gasteiger partial charge in [0.2, 0.25) is 5.91 Å². The van der Waals surface area contributed by atoms with Crippen LogP contribution in [0.1, 0.15) is 31.3 Å². The van der Waals surface area contributed by atoms with E-state index in [-0.39, 0.29) is 5.91 Å². The van der Waals surface area contributed by atoms with Gasteiger partial charge in [0.15, 0.2) is 0 Å². The van der Waals surface area contributed by atoms with Gasteiger partial charge in [0.05, 0.1) is 0 Å². The predicted octanol–water partition coefficient (Wildman–Crippen LogP) is 1.29. The van der Waals surface area contributed by atoms with Gasteiger partial charge in [-0.2, -0.15) is 5.10 Å². The molecule has 2 aromatic rings. The fourth-order valence-electron chi connectivity index (χ4n) is 3.22. The number of carbonyl (C=O) groups is 1. The monoisotopic (exact) mass is 330 g/mol. The summed E-state index contributed by atoms with van der Waals surface area (Å²) < 4.78 is 2.08. The zero-order chi connectivity index (χ0) is 16.8. The van der Waals surface area contributed by atoms with Crippen LogP contribution in [0.2, 0.25) is 0 Å². The lowest BCUT2D eigenvalue weighted by Gasteiger charge is -2.22. The molecular weight excluding hydrogens is 304 g/mol. The first-order valence-electron chi connectivity index (χ1n) is 8.74. The van der Waals surface area contributed by atoms with Crippen LogP contribution in [0, 0.1) is 0 Å². The first kappa shape index (κ1) is 16.7. The van der Waals surface area contributed by atoms with Gasteiger partial charge in [-0.3, -0.25) is 14.8 Å². The molecule has 130 valence electrons. The van der Waals surface area contributed by atoms with Crippen molar-refractivity contribution in [3.8, 4) is 0 Å². The fraction of sp³-hybridized carbons (Fsp3) is 0.588. The quantitative estimate of drug-likeness (QED) is 0.866. The minimum atomic E-state index is 0.245. The van der Waals surface area contributed by atoms with Crippen molar-refractivity contribution in [2.24, 2.45) is 0 Å². The highest BCUT2D eigenvalue weighted by Gasteiger charge is 2.19. The first-order chi connectivity index (χ1) is 11.8. The molecule has 0 bridgehead atoms. The minimum Gasteiger partial charge on any atom is -0.341 e. The second kappa shape index (κ2) is 8.10. The average molecular weight is 330 g/mol. The number of nitrogens with zero attached hydrogens (tertiary/aromatic N) is 5. The summed E-state index contributed by atoms with van der Waals surface area (Å²) in [5.41, 5.74) is 1.13. The van der Waals surface area contributed by atoms with E-state index in [1.165, 1.54) is 0 Å². The van der Waals surface area contributed by atoms with Gasteiger partial charge in [0.1, 0.15) is 5.82 Å². The maximum Gasteiger partial charge on any atom is 0.224 e. The zero-order valence-corrected chi connectivity index (χ0v) is 14.3. The molecule has 24 heavy (non-hydrogen) atoms. The van der Waals surface area contributed by atoms with Crippen LogP contribution in [0.3, 0.4) is 0 Å². The molecule has 3 rings (SSSR count). The van der Waals surface area contributed by atoms with Crippen molar-refractivity contribution in [1.82, 2.24) is 29.5 Å². The molecule has 1 N–H and O–H groups in total. The van der Waals surface area contributed by atoms with Gasteiger partial charge >= 0.3 is 0 Å². The molecule has 0 saturated carbocycles. The zero-order valence-electron chi connectivity index (χ0n) is 14.3. The maximum atomic E-state index is 12.5. The largest absolute Gasteiger partial charge is 0.341 e. The van der Waals surface area contributed by atoms with E-state index in [0.717, 1.165) is 63.6 Å². The molecule has 0 radical (unpaired) electrons. The highest BCUT2D eigenvalue weighted by atomic mass is 16.2. The summed E-state index contributed by atoms with van der Waals surface area (Å²) in [6, 6.07) is 2.00. The van der Waals surface area contributed by atoms with Gasteiger partial charge < -0.3 is 9.47 Å². The molecule has 7 heteroatoms. The summed E-state index contributed by atoms with van der Waals surface area (Å²) in [5, 5.41) is 7.00. The highest BCUT2D eigenvalue weighted by molar-refractivity contribution is 5.76. The van der Waals surface area contributed by atoms with Crippen LogP contribution in [0.5, 0.6) is 0 Å². The third-order valence-corrected chi connectivity index (χ3v) is 4.58. The molecule has 1 aliphatic rings. The molecule has 1 aliphatic heterocycles. The standard InChI is InChI=1S/C17H26N6O/c1-2-16-18-7-11-22(16)10-5-17(24)23-9-3-8-21(12-13-23)14-15-4-6-19-20-15/h4,6-7,11H,2-3,5,8-10,12-14H2,1H3,(H,19,20). The SMILES string of the molecule is CCc1nccn1CCC(=O)N1CCCN(Cc2ccn[nH]2)CC1. The molecule has 0 aliphatic carbocycles. The molecule has 0 spiro atoms. The lowest BCUT2D eigenvalue weighted by atomic mass is 10.3. The van der Waals surface area contributed by atoms with Crippen molar-refractivity contribution in [2.45, 2.75) is 39.3 Å². The summed E-state index contributed by atoms with van der Waals surface area (Å²) in [4.78, 5) is 21.2. The van der Waals surface area contributed by atoms with Gasteiger partial charge in [0.25, 0.3) is 0 Å². The summed E-state index contributed by atoms with van der Waals surface area (Å²) >= 11 is 0. The maximum absolute atomic E-state index is 12.5. The van der Waals surface area contributed by atoms with Gasteiger partial charge in [-0.25, -0.2) is 4.98 Å². The molecule has 1 fully saturated rings. The summed E-state index contributed by atoms with van der Waals surface area (Å²) in [7, 11) is 0. The Balaban J connectivity index is 1.47. The van der Waals surface area contributed by atoms with Crippen LogP contribution in [-0.4, -0.2) is 61.6 Å². The van der Waals surface area contributed by atoms with Crippen molar-refractivity contribution in [2.75, 3.05) is 26.2 Å². The Labute approximate surface area is 142 Å². The normalized spacial score (nSPS) is 16.3. The molecular formula is C17H26N6O. The Hall–Kier alpha value is -2.15. The fourth-order valence-corrected chi connectivity index (χ4v) is 3.22. The van der Waals surface area contributed by atoms with Crippen LogP contribution in [-0.2, 0) is 24.3 Å². The van der Waals surface area contributed by atoms with E-state index in [1.807, 2.05) is 23.4 Å². The van der Waals surface area contributed by atoms with E-state index >= 15 is 0 Å². The van der Waals surface area contributed by atoms with Gasteiger partial charge in [-0.15, -0.1) is 0 Å². The van der Waals surface area contributed by atoms with Crippen molar-refractivity contribution in [3.63, 3.8) is 0 Å². The Morgan fingerprint density at radius 2 is 2.17 bits per heavy atom. The molecule has 7 nitrogen and oxygen atoms in total. The van der Waals surface area contributed by atoms with Crippen LogP contribution in [0.4, 0.5) is 0 Å². The molecule has 1 amide bonds. The first-order valence-corrected chi connectivity index (χ1v) is 8.74. The van der Waals surface area contributed by atoms with E-state index in [4.69, 9.17) is 0 Å². The van der Waals surface area contributed by atoms with E-state index in [0.29, 0.717) is 6.42 Å². The molecule has 2 aromatic heterocycles. The Morgan fingerprint density at radius 1 is 1.25 bits per heavy atom. The summed E-state index contributed by atoms with van der Waals surface area (Å²) in [6.07, 6.45) is 8.01. The van der Waals surface area contributed by atoms with E-state index < -0.39 is 0 Å².